The maximum Gasteiger partial charge on any atom is 0.308 e. The standard InChI is InChI=1S/C11H20O3/c1-8(2)10(12)14-9-6-5-7-13-11(9,3)4/h8-9H,5-7H2,1-4H3/t9-/m0/s1. The largest absolute Gasteiger partial charge is 0.459 e. The van der Waals surface area contributed by atoms with E-state index in [-0.39, 0.29) is 23.6 Å². The third-order valence-electron chi connectivity index (χ3n) is 2.59. The molecule has 0 aromatic heterocycles. The summed E-state index contributed by atoms with van der Waals surface area (Å²) in [4.78, 5) is 11.4. The van der Waals surface area contributed by atoms with Crippen LogP contribution in [0.1, 0.15) is 40.5 Å². The molecule has 1 fully saturated rings. The van der Waals surface area contributed by atoms with Gasteiger partial charge in [0.25, 0.3) is 0 Å². The van der Waals surface area contributed by atoms with Crippen LogP contribution in [0, 0.1) is 5.92 Å². The third-order valence-corrected chi connectivity index (χ3v) is 2.59. The molecule has 0 spiro atoms. The maximum absolute atomic E-state index is 11.4. The van der Waals surface area contributed by atoms with E-state index in [0.29, 0.717) is 0 Å². The number of hydrogen-bond donors (Lipinski definition) is 0. The van der Waals surface area contributed by atoms with E-state index in [0.717, 1.165) is 19.4 Å². The summed E-state index contributed by atoms with van der Waals surface area (Å²) in [7, 11) is 0. The lowest BCUT2D eigenvalue weighted by molar-refractivity contribution is -0.183. The zero-order chi connectivity index (χ0) is 10.8. The molecule has 0 aliphatic carbocycles. The molecule has 0 unspecified atom stereocenters. The molecule has 1 aliphatic heterocycles. The molecule has 3 nitrogen and oxygen atoms in total. The first kappa shape index (κ1) is 11.5. The van der Waals surface area contributed by atoms with E-state index in [4.69, 9.17) is 9.47 Å². The van der Waals surface area contributed by atoms with Crippen molar-refractivity contribution in [2.45, 2.75) is 52.2 Å². The van der Waals surface area contributed by atoms with Crippen LogP contribution in [-0.4, -0.2) is 24.3 Å². The van der Waals surface area contributed by atoms with Gasteiger partial charge in [0.05, 0.1) is 11.5 Å². The van der Waals surface area contributed by atoms with E-state index in [2.05, 4.69) is 0 Å². The van der Waals surface area contributed by atoms with Crippen molar-refractivity contribution in [2.75, 3.05) is 6.61 Å². The second-order valence-corrected chi connectivity index (χ2v) is 4.67. The maximum atomic E-state index is 11.4. The first-order valence-electron chi connectivity index (χ1n) is 5.28. The molecular formula is C11H20O3. The van der Waals surface area contributed by atoms with Gasteiger partial charge in [0.15, 0.2) is 0 Å². The highest BCUT2D eigenvalue weighted by Gasteiger charge is 2.36. The van der Waals surface area contributed by atoms with Crippen LogP contribution in [-0.2, 0) is 14.3 Å². The molecule has 1 saturated heterocycles. The topological polar surface area (TPSA) is 35.5 Å². The highest BCUT2D eigenvalue weighted by Crippen LogP contribution is 2.27. The number of carbonyl (C=O) groups excluding carboxylic acids is 1. The minimum Gasteiger partial charge on any atom is -0.459 e. The lowest BCUT2D eigenvalue weighted by Crippen LogP contribution is -2.46. The van der Waals surface area contributed by atoms with Gasteiger partial charge in [-0.05, 0) is 26.7 Å². The highest BCUT2D eigenvalue weighted by molar-refractivity contribution is 5.71. The lowest BCUT2D eigenvalue weighted by atomic mass is 9.94. The second kappa shape index (κ2) is 4.30. The van der Waals surface area contributed by atoms with Crippen LogP contribution in [0.4, 0.5) is 0 Å². The molecule has 0 bridgehead atoms. The molecule has 0 aromatic rings. The summed E-state index contributed by atoms with van der Waals surface area (Å²) in [5, 5.41) is 0. The van der Waals surface area contributed by atoms with Gasteiger partial charge in [-0.3, -0.25) is 4.79 Å². The highest BCUT2D eigenvalue weighted by atomic mass is 16.6. The van der Waals surface area contributed by atoms with Crippen LogP contribution in [0.3, 0.4) is 0 Å². The predicted molar refractivity (Wildman–Crippen MR) is 54.0 cm³/mol. The summed E-state index contributed by atoms with van der Waals surface area (Å²) < 4.78 is 11.0. The lowest BCUT2D eigenvalue weighted by Gasteiger charge is -2.38. The zero-order valence-corrected chi connectivity index (χ0v) is 9.50. The molecule has 1 rings (SSSR count). The first-order chi connectivity index (χ1) is 6.43. The Hall–Kier alpha value is -0.570. The summed E-state index contributed by atoms with van der Waals surface area (Å²) in [5.41, 5.74) is -0.331. The van der Waals surface area contributed by atoms with Crippen LogP contribution in [0.25, 0.3) is 0 Å². The molecule has 3 heteroatoms. The van der Waals surface area contributed by atoms with Gasteiger partial charge in [0.2, 0.25) is 0 Å². The van der Waals surface area contributed by atoms with Gasteiger partial charge < -0.3 is 9.47 Å². The quantitative estimate of drug-likeness (QED) is 0.641. The number of carbonyl (C=O) groups is 1. The van der Waals surface area contributed by atoms with Gasteiger partial charge in [-0.2, -0.15) is 0 Å². The SMILES string of the molecule is CC(C)C(=O)O[C@H]1CCCOC1(C)C. The minimum absolute atomic E-state index is 0.0623. The van der Waals surface area contributed by atoms with Crippen LogP contribution in [0.15, 0.2) is 0 Å². The summed E-state index contributed by atoms with van der Waals surface area (Å²) in [6.45, 7) is 8.41. The Morgan fingerprint density at radius 2 is 2.14 bits per heavy atom. The molecule has 1 atom stereocenters. The van der Waals surface area contributed by atoms with Crippen molar-refractivity contribution < 1.29 is 14.3 Å². The van der Waals surface area contributed by atoms with Crippen molar-refractivity contribution in [2.24, 2.45) is 5.92 Å². The fraction of sp³-hybridized carbons (Fsp3) is 0.909. The van der Waals surface area contributed by atoms with E-state index in [9.17, 15) is 4.79 Å². The molecule has 1 heterocycles. The average Bonchev–Trinajstić information content (AvgIpc) is 2.08. The van der Waals surface area contributed by atoms with Crippen LogP contribution in [0.5, 0.6) is 0 Å². The molecule has 0 aromatic carbocycles. The molecule has 0 N–H and O–H groups in total. The zero-order valence-electron chi connectivity index (χ0n) is 9.50. The molecule has 0 saturated carbocycles. The van der Waals surface area contributed by atoms with Crippen molar-refractivity contribution in [1.82, 2.24) is 0 Å². The minimum atomic E-state index is -0.331. The fourth-order valence-corrected chi connectivity index (χ4v) is 1.52. The number of hydrogen-bond acceptors (Lipinski definition) is 3. The Morgan fingerprint density at radius 3 is 2.64 bits per heavy atom. The Balaban J connectivity index is 2.54. The van der Waals surface area contributed by atoms with Gasteiger partial charge in [0.1, 0.15) is 6.10 Å². The van der Waals surface area contributed by atoms with Crippen molar-refractivity contribution >= 4 is 5.97 Å². The van der Waals surface area contributed by atoms with Gasteiger partial charge in [0, 0.05) is 6.61 Å². The predicted octanol–water partition coefficient (Wildman–Crippen LogP) is 2.14. The first-order valence-corrected chi connectivity index (χ1v) is 5.28. The molecule has 82 valence electrons. The van der Waals surface area contributed by atoms with Crippen molar-refractivity contribution in [3.8, 4) is 0 Å². The van der Waals surface area contributed by atoms with Crippen LogP contribution < -0.4 is 0 Å². The van der Waals surface area contributed by atoms with Crippen molar-refractivity contribution in [1.29, 1.82) is 0 Å². The molecule has 1 aliphatic rings. The van der Waals surface area contributed by atoms with E-state index >= 15 is 0 Å². The van der Waals surface area contributed by atoms with Crippen molar-refractivity contribution in [3.63, 3.8) is 0 Å². The Bertz CT molecular complexity index is 209. The van der Waals surface area contributed by atoms with E-state index in [1.165, 1.54) is 0 Å². The van der Waals surface area contributed by atoms with E-state index in [1.807, 2.05) is 27.7 Å². The van der Waals surface area contributed by atoms with Crippen LogP contribution in [0.2, 0.25) is 0 Å². The van der Waals surface area contributed by atoms with Gasteiger partial charge in [-0.1, -0.05) is 13.8 Å². The normalized spacial score (nSPS) is 26.2. The van der Waals surface area contributed by atoms with E-state index < -0.39 is 0 Å². The van der Waals surface area contributed by atoms with E-state index in [1.54, 1.807) is 0 Å². The summed E-state index contributed by atoms with van der Waals surface area (Å²) in [5.74, 6) is -0.193. The number of ether oxygens (including phenoxy) is 2. The smallest absolute Gasteiger partial charge is 0.308 e. The monoisotopic (exact) mass is 200 g/mol. The summed E-state index contributed by atoms with van der Waals surface area (Å²) in [6, 6.07) is 0. The second-order valence-electron chi connectivity index (χ2n) is 4.67. The Morgan fingerprint density at radius 1 is 1.50 bits per heavy atom. The Labute approximate surface area is 85.8 Å². The van der Waals surface area contributed by atoms with Gasteiger partial charge in [-0.15, -0.1) is 0 Å². The van der Waals surface area contributed by atoms with Gasteiger partial charge in [-0.25, -0.2) is 0 Å². The third kappa shape index (κ3) is 2.71. The number of esters is 1. The molecule has 0 radical (unpaired) electrons. The van der Waals surface area contributed by atoms with Crippen molar-refractivity contribution in [3.05, 3.63) is 0 Å². The van der Waals surface area contributed by atoms with Gasteiger partial charge >= 0.3 is 5.97 Å². The summed E-state index contributed by atoms with van der Waals surface area (Å²) >= 11 is 0. The summed E-state index contributed by atoms with van der Waals surface area (Å²) in [6.07, 6.45) is 1.79. The molecule has 0 amide bonds. The average molecular weight is 200 g/mol. The molecular weight excluding hydrogens is 180 g/mol. The molecule has 14 heavy (non-hydrogen) atoms. The number of rotatable bonds is 2. The fourth-order valence-electron chi connectivity index (χ4n) is 1.52. The van der Waals surface area contributed by atoms with Crippen LogP contribution >= 0.6 is 0 Å². The Kier molecular flexibility index (Phi) is 3.53.